The van der Waals surface area contributed by atoms with Crippen molar-refractivity contribution in [3.8, 4) is 11.4 Å². The van der Waals surface area contributed by atoms with E-state index >= 15 is 0 Å². The van der Waals surface area contributed by atoms with E-state index in [1.807, 2.05) is 0 Å². The first-order valence-corrected chi connectivity index (χ1v) is 17.3. The molecule has 5 heterocycles. The molecule has 0 aliphatic carbocycles. The van der Waals surface area contributed by atoms with Crippen LogP contribution >= 0.6 is 11.6 Å². The highest BCUT2D eigenvalue weighted by atomic mass is 35.5. The third-order valence-electron chi connectivity index (χ3n) is 9.39. The van der Waals surface area contributed by atoms with Crippen molar-refractivity contribution in [1.82, 2.24) is 34.7 Å². The Morgan fingerprint density at radius 2 is 0.964 bits per heavy atom. The van der Waals surface area contributed by atoms with Crippen LogP contribution in [-0.2, 0) is 0 Å². The Balaban J connectivity index is 0.000000158. The van der Waals surface area contributed by atoms with Crippen molar-refractivity contribution < 1.29 is 28.0 Å². The number of aromatic nitrogens is 5. The van der Waals surface area contributed by atoms with Gasteiger partial charge in [0.1, 0.15) is 23.0 Å². The van der Waals surface area contributed by atoms with Crippen LogP contribution in [0.5, 0.6) is 0 Å². The lowest BCUT2D eigenvalue weighted by atomic mass is 10.1. The highest BCUT2D eigenvalue weighted by Gasteiger charge is 2.41. The van der Waals surface area contributed by atoms with Gasteiger partial charge in [0.2, 0.25) is 0 Å². The molecule has 0 fully saturated rings. The van der Waals surface area contributed by atoms with Gasteiger partial charge in [-0.1, -0.05) is 41.9 Å². The van der Waals surface area contributed by atoms with Gasteiger partial charge in [0, 0.05) is 18.3 Å². The fraction of sp³-hybridized carbons (Fsp3) is 0.0976. The molecule has 0 saturated heterocycles. The van der Waals surface area contributed by atoms with E-state index in [1.165, 1.54) is 41.3 Å². The summed E-state index contributed by atoms with van der Waals surface area (Å²) in [5.74, 6) is -2.42. The Bertz CT molecular complexity index is 2680. The van der Waals surface area contributed by atoms with Crippen LogP contribution in [0, 0.1) is 11.6 Å². The minimum atomic E-state index is -0.707. The lowest BCUT2D eigenvalue weighted by molar-refractivity contribution is 0.0576. The van der Waals surface area contributed by atoms with Gasteiger partial charge in [-0.25, -0.2) is 28.7 Å². The van der Waals surface area contributed by atoms with Gasteiger partial charge in [0.15, 0.2) is 5.15 Å². The summed E-state index contributed by atoms with van der Waals surface area (Å²) in [4.78, 5) is 75.6. The number of fused-ring (bicyclic) bond motifs is 4. The van der Waals surface area contributed by atoms with Gasteiger partial charge in [-0.05, 0) is 74.5 Å². The van der Waals surface area contributed by atoms with E-state index < -0.39 is 35.5 Å². The third-order valence-corrected chi connectivity index (χ3v) is 9.66. The molecule has 0 radical (unpaired) electrons. The number of amides is 4. The number of carbonyl (C=O) groups is 4. The van der Waals surface area contributed by atoms with Gasteiger partial charge in [-0.2, -0.15) is 0 Å². The van der Waals surface area contributed by atoms with E-state index in [2.05, 4.69) is 24.9 Å². The smallest absolute Gasteiger partial charge is 0.262 e. The van der Waals surface area contributed by atoms with Crippen molar-refractivity contribution in [3.63, 3.8) is 0 Å². The maximum absolute atomic E-state index is 13.7. The van der Waals surface area contributed by atoms with Crippen LogP contribution in [0.3, 0.4) is 0 Å². The summed E-state index contributed by atoms with van der Waals surface area (Å²) < 4.78 is 27.1. The maximum Gasteiger partial charge on any atom is 0.262 e. The average Bonchev–Trinajstić information content (AvgIpc) is 3.61. The van der Waals surface area contributed by atoms with E-state index in [-0.39, 0.29) is 22.7 Å². The molecule has 2 aliphatic rings. The molecule has 2 aliphatic heterocycles. The predicted octanol–water partition coefficient (Wildman–Crippen LogP) is 7.97. The van der Waals surface area contributed by atoms with Crippen molar-refractivity contribution in [3.05, 3.63) is 160 Å². The largest absolute Gasteiger partial charge is 0.269 e. The predicted molar refractivity (Wildman–Crippen MR) is 198 cm³/mol. The fourth-order valence-corrected chi connectivity index (χ4v) is 6.96. The van der Waals surface area contributed by atoms with Crippen molar-refractivity contribution in [1.29, 1.82) is 0 Å². The van der Waals surface area contributed by atoms with E-state index in [1.54, 1.807) is 86.8 Å². The quantitative estimate of drug-likeness (QED) is 0.160. The average molecular weight is 754 g/mol. The lowest BCUT2D eigenvalue weighted by Gasteiger charge is -2.24. The molecule has 0 bridgehead atoms. The van der Waals surface area contributed by atoms with Crippen LogP contribution in [0.4, 0.5) is 8.78 Å². The highest BCUT2D eigenvalue weighted by Crippen LogP contribution is 2.36. The van der Waals surface area contributed by atoms with Crippen LogP contribution in [0.15, 0.2) is 109 Å². The Labute approximate surface area is 316 Å². The normalized spacial score (nSPS) is 14.6. The highest BCUT2D eigenvalue weighted by molar-refractivity contribution is 6.30. The summed E-state index contributed by atoms with van der Waals surface area (Å²) in [6, 6.07) is 25.4. The van der Waals surface area contributed by atoms with E-state index in [9.17, 15) is 28.0 Å². The van der Waals surface area contributed by atoms with Gasteiger partial charge < -0.3 is 0 Å². The van der Waals surface area contributed by atoms with Gasteiger partial charge in [-0.3, -0.25) is 34.0 Å². The zero-order chi connectivity index (χ0) is 38.5. The summed E-state index contributed by atoms with van der Waals surface area (Å²) in [6.07, 6.45) is 1.61. The van der Waals surface area contributed by atoms with Crippen LogP contribution in [0.25, 0.3) is 33.5 Å². The molecule has 0 N–H and O–H groups in total. The topological polar surface area (TPSA) is 139 Å². The van der Waals surface area contributed by atoms with Crippen LogP contribution in [0.1, 0.15) is 78.8 Å². The molecule has 4 aromatic carbocycles. The van der Waals surface area contributed by atoms with Crippen LogP contribution in [0.2, 0.25) is 5.15 Å². The Morgan fingerprint density at radius 3 is 1.44 bits per heavy atom. The maximum atomic E-state index is 13.7. The van der Waals surface area contributed by atoms with E-state index in [0.29, 0.717) is 61.4 Å². The third kappa shape index (κ3) is 6.13. The number of benzene rings is 4. The summed E-state index contributed by atoms with van der Waals surface area (Å²) in [5.41, 5.74) is 4.65. The number of halogens is 3. The number of carbonyl (C=O) groups excluding carboxylic acids is 4. The standard InChI is InChI=1S/C23H15FN4O2.C18H11ClFN3O2/c1-13(28-22(29)15-6-2-3-7-16(15)23(28)30)20-21(18-8-4-5-11-25-18)27-19-12-14(24)9-10-17(19)26-20;1-9(23-17(24)11-4-2-3-5-12(11)18(23)25)15-16(19)22-14-8-10(20)6-7-13(14)21-15/h2-13H,1H3;2-9H,1H3. The lowest BCUT2D eigenvalue weighted by Crippen LogP contribution is -2.33. The Hall–Kier alpha value is -6.86. The molecular weight excluding hydrogens is 728 g/mol. The first-order chi connectivity index (χ1) is 26.5. The van der Waals surface area contributed by atoms with Gasteiger partial charge in [-0.15, -0.1) is 0 Å². The molecule has 9 rings (SSSR count). The molecule has 55 heavy (non-hydrogen) atoms. The SMILES string of the molecule is CC(c1nc2ccc(F)cc2nc1-c1ccccn1)N1C(=O)c2ccccc2C1=O.CC(c1nc2ccc(F)cc2nc1Cl)N1C(=O)c2ccccc2C1=O. The molecule has 2 unspecified atom stereocenters. The minimum Gasteiger partial charge on any atom is -0.269 e. The molecule has 3 aromatic heterocycles. The minimum absolute atomic E-state index is 0.0298. The molecule has 11 nitrogen and oxygen atoms in total. The summed E-state index contributed by atoms with van der Waals surface area (Å²) in [6.45, 7) is 3.39. The van der Waals surface area contributed by atoms with E-state index in [0.717, 1.165) is 4.90 Å². The molecule has 0 spiro atoms. The molecule has 0 saturated carbocycles. The first kappa shape index (κ1) is 35.2. The second-order valence-corrected chi connectivity index (χ2v) is 13.1. The second kappa shape index (κ2) is 13.8. The number of hydrogen-bond donors (Lipinski definition) is 0. The van der Waals surface area contributed by atoms with E-state index in [4.69, 9.17) is 11.6 Å². The number of rotatable bonds is 5. The zero-order valence-electron chi connectivity index (χ0n) is 28.9. The molecule has 14 heteroatoms. The van der Waals surface area contributed by atoms with Gasteiger partial charge in [0.25, 0.3) is 23.6 Å². The van der Waals surface area contributed by atoms with Crippen molar-refractivity contribution >= 4 is 57.3 Å². The van der Waals surface area contributed by atoms with Crippen molar-refractivity contribution in [2.45, 2.75) is 25.9 Å². The second-order valence-electron chi connectivity index (χ2n) is 12.7. The summed E-state index contributed by atoms with van der Waals surface area (Å²) in [5, 5.41) is 0.0298. The number of imide groups is 2. The first-order valence-electron chi connectivity index (χ1n) is 17.0. The summed E-state index contributed by atoms with van der Waals surface area (Å²) in [7, 11) is 0. The van der Waals surface area contributed by atoms with Crippen molar-refractivity contribution in [2.75, 3.05) is 0 Å². The molecular formula is C41H26ClF2N7O4. The number of nitrogens with zero attached hydrogens (tertiary/aromatic N) is 7. The monoisotopic (exact) mass is 753 g/mol. The number of pyridine rings is 1. The molecule has 4 amide bonds. The van der Waals surface area contributed by atoms with Crippen LogP contribution < -0.4 is 0 Å². The molecule has 270 valence electrons. The van der Waals surface area contributed by atoms with Crippen LogP contribution in [-0.4, -0.2) is 58.3 Å². The Morgan fingerprint density at radius 1 is 0.527 bits per heavy atom. The van der Waals surface area contributed by atoms with Gasteiger partial charge >= 0.3 is 0 Å². The molecule has 7 aromatic rings. The number of hydrogen-bond acceptors (Lipinski definition) is 9. The fourth-order valence-electron chi connectivity index (χ4n) is 6.67. The van der Waals surface area contributed by atoms with Crippen molar-refractivity contribution in [2.24, 2.45) is 0 Å². The zero-order valence-corrected chi connectivity index (χ0v) is 29.7. The molecule has 2 atom stereocenters. The summed E-state index contributed by atoms with van der Waals surface area (Å²) >= 11 is 6.19. The van der Waals surface area contributed by atoms with Gasteiger partial charge in [0.05, 0.1) is 67.8 Å². The Kier molecular flexibility index (Phi) is 8.86.